The molecule has 1 amide bonds. The summed E-state index contributed by atoms with van der Waals surface area (Å²) in [6.07, 6.45) is 3.98. The number of nitrogens with one attached hydrogen (secondary N) is 1. The third kappa shape index (κ3) is 4.27. The van der Waals surface area contributed by atoms with Crippen LogP contribution in [0.3, 0.4) is 0 Å². The summed E-state index contributed by atoms with van der Waals surface area (Å²) in [6, 6.07) is 15.3. The molecule has 0 saturated heterocycles. The molecule has 0 spiro atoms. The Hall–Kier alpha value is -3.15. The first-order valence-corrected chi connectivity index (χ1v) is 8.55. The summed E-state index contributed by atoms with van der Waals surface area (Å²) in [6.45, 7) is 2.68. The van der Waals surface area contributed by atoms with Crippen LogP contribution in [-0.2, 0) is 6.54 Å². The van der Waals surface area contributed by atoms with E-state index in [1.807, 2.05) is 48.5 Å². The number of rotatable bonds is 7. The largest absolute Gasteiger partial charge is 0.497 e. The zero-order valence-corrected chi connectivity index (χ0v) is 14.9. The molecule has 3 rings (SSSR count). The smallest absolute Gasteiger partial charge is 0.251 e. The number of aromatic nitrogens is 3. The summed E-state index contributed by atoms with van der Waals surface area (Å²) in [4.78, 5) is 16.5. The van der Waals surface area contributed by atoms with Crippen molar-refractivity contribution in [3.8, 4) is 5.75 Å². The van der Waals surface area contributed by atoms with Crippen LogP contribution in [-0.4, -0.2) is 27.8 Å². The van der Waals surface area contributed by atoms with E-state index in [0.717, 1.165) is 23.3 Å². The summed E-state index contributed by atoms with van der Waals surface area (Å²) < 4.78 is 6.93. The first-order chi connectivity index (χ1) is 12.7. The zero-order chi connectivity index (χ0) is 18.4. The molecule has 0 fully saturated rings. The Balaban J connectivity index is 1.65. The summed E-state index contributed by atoms with van der Waals surface area (Å²) in [7, 11) is 1.64. The molecule has 0 radical (unpaired) electrons. The predicted molar refractivity (Wildman–Crippen MR) is 99.1 cm³/mol. The molecule has 3 aromatic rings. The Morgan fingerprint density at radius 2 is 1.88 bits per heavy atom. The third-order valence-corrected chi connectivity index (χ3v) is 4.26. The van der Waals surface area contributed by atoms with Crippen molar-refractivity contribution in [2.75, 3.05) is 7.11 Å². The second-order valence-corrected chi connectivity index (χ2v) is 6.00. The molecular weight excluding hydrogens is 328 g/mol. The van der Waals surface area contributed by atoms with Crippen molar-refractivity contribution in [2.24, 2.45) is 0 Å². The van der Waals surface area contributed by atoms with Gasteiger partial charge in [0, 0.05) is 5.56 Å². The van der Waals surface area contributed by atoms with Gasteiger partial charge < -0.3 is 10.1 Å². The van der Waals surface area contributed by atoms with Crippen molar-refractivity contribution in [3.63, 3.8) is 0 Å². The van der Waals surface area contributed by atoms with Gasteiger partial charge in [0.05, 0.1) is 19.7 Å². The van der Waals surface area contributed by atoms with Crippen LogP contribution in [0.1, 0.15) is 40.9 Å². The van der Waals surface area contributed by atoms with Crippen molar-refractivity contribution in [3.05, 3.63) is 77.9 Å². The molecule has 134 valence electrons. The van der Waals surface area contributed by atoms with Crippen molar-refractivity contribution in [1.82, 2.24) is 20.1 Å². The van der Waals surface area contributed by atoms with E-state index in [0.29, 0.717) is 12.1 Å². The van der Waals surface area contributed by atoms with Gasteiger partial charge in [-0.15, -0.1) is 0 Å². The van der Waals surface area contributed by atoms with E-state index in [1.54, 1.807) is 18.1 Å². The first kappa shape index (κ1) is 17.7. The molecule has 0 bridgehead atoms. The quantitative estimate of drug-likeness (QED) is 0.710. The van der Waals surface area contributed by atoms with Crippen LogP contribution in [0.15, 0.2) is 61.2 Å². The highest BCUT2D eigenvalue weighted by atomic mass is 16.5. The van der Waals surface area contributed by atoms with Crippen LogP contribution < -0.4 is 10.1 Å². The van der Waals surface area contributed by atoms with Gasteiger partial charge in [0.15, 0.2) is 0 Å². The highest BCUT2D eigenvalue weighted by Gasteiger charge is 2.14. The lowest BCUT2D eigenvalue weighted by molar-refractivity contribution is 0.0935. The average molecular weight is 350 g/mol. The fourth-order valence-corrected chi connectivity index (χ4v) is 2.76. The molecule has 0 aliphatic rings. The second kappa shape index (κ2) is 8.29. The van der Waals surface area contributed by atoms with Crippen molar-refractivity contribution < 1.29 is 9.53 Å². The van der Waals surface area contributed by atoms with E-state index >= 15 is 0 Å². The molecule has 2 aromatic carbocycles. The molecule has 0 aliphatic carbocycles. The molecule has 0 unspecified atom stereocenters. The van der Waals surface area contributed by atoms with Gasteiger partial charge in [-0.25, -0.2) is 9.67 Å². The monoisotopic (exact) mass is 350 g/mol. The van der Waals surface area contributed by atoms with Crippen molar-refractivity contribution in [2.45, 2.75) is 25.9 Å². The highest BCUT2D eigenvalue weighted by Crippen LogP contribution is 2.20. The minimum absolute atomic E-state index is 0.0387. The molecule has 0 aliphatic heterocycles. The topological polar surface area (TPSA) is 69.0 Å². The molecule has 6 nitrogen and oxygen atoms in total. The molecule has 6 heteroatoms. The fraction of sp³-hybridized carbons (Fsp3) is 0.250. The van der Waals surface area contributed by atoms with Crippen LogP contribution in [0.5, 0.6) is 5.75 Å². The second-order valence-electron chi connectivity index (χ2n) is 6.00. The van der Waals surface area contributed by atoms with Gasteiger partial charge in [0.2, 0.25) is 0 Å². The zero-order valence-electron chi connectivity index (χ0n) is 14.9. The maximum absolute atomic E-state index is 12.6. The lowest BCUT2D eigenvalue weighted by atomic mass is 10.0. The molecule has 1 atom stereocenters. The lowest BCUT2D eigenvalue weighted by Crippen LogP contribution is -2.28. The van der Waals surface area contributed by atoms with E-state index in [9.17, 15) is 4.79 Å². The molecule has 1 heterocycles. The number of methoxy groups -OCH3 is 1. The Bertz CT molecular complexity index is 827. The SMILES string of the molecule is CC[C@H](NC(=O)c1ccc(Cn2cncn2)cc1)c1ccc(OC)cc1. The van der Waals surface area contributed by atoms with E-state index < -0.39 is 0 Å². The van der Waals surface area contributed by atoms with Crippen molar-refractivity contribution in [1.29, 1.82) is 0 Å². The van der Waals surface area contributed by atoms with Gasteiger partial charge >= 0.3 is 0 Å². The van der Waals surface area contributed by atoms with E-state index in [-0.39, 0.29) is 11.9 Å². The minimum atomic E-state index is -0.0834. The Morgan fingerprint density at radius 1 is 1.15 bits per heavy atom. The third-order valence-electron chi connectivity index (χ3n) is 4.26. The van der Waals surface area contributed by atoms with Gasteiger partial charge in [0.1, 0.15) is 18.4 Å². The number of amides is 1. The number of ether oxygens (including phenoxy) is 1. The summed E-state index contributed by atoms with van der Waals surface area (Å²) in [5.41, 5.74) is 2.76. The Labute approximate surface area is 152 Å². The molecule has 0 saturated carbocycles. The summed E-state index contributed by atoms with van der Waals surface area (Å²) >= 11 is 0. The summed E-state index contributed by atoms with van der Waals surface area (Å²) in [5, 5.41) is 7.18. The van der Waals surface area contributed by atoms with Gasteiger partial charge in [-0.1, -0.05) is 31.2 Å². The van der Waals surface area contributed by atoms with Crippen LogP contribution in [0.25, 0.3) is 0 Å². The number of carbonyl (C=O) groups is 1. The Kier molecular flexibility index (Phi) is 5.63. The Morgan fingerprint density at radius 3 is 2.46 bits per heavy atom. The van der Waals surface area contributed by atoms with Crippen LogP contribution in [0.4, 0.5) is 0 Å². The van der Waals surface area contributed by atoms with E-state index in [4.69, 9.17) is 4.74 Å². The first-order valence-electron chi connectivity index (χ1n) is 8.55. The standard InChI is InChI=1S/C20H22N4O2/c1-3-19(16-8-10-18(26-2)11-9-16)23-20(25)17-6-4-15(5-7-17)12-24-14-21-13-22-24/h4-11,13-14,19H,3,12H2,1-2H3,(H,23,25)/t19-/m0/s1. The number of hydrogen-bond acceptors (Lipinski definition) is 4. The van der Waals surface area contributed by atoms with E-state index in [1.165, 1.54) is 6.33 Å². The van der Waals surface area contributed by atoms with Crippen LogP contribution in [0, 0.1) is 0 Å². The maximum atomic E-state index is 12.6. The number of hydrogen-bond donors (Lipinski definition) is 1. The van der Waals surface area contributed by atoms with Gasteiger partial charge in [-0.2, -0.15) is 5.10 Å². The maximum Gasteiger partial charge on any atom is 0.251 e. The molecule has 1 N–H and O–H groups in total. The normalized spacial score (nSPS) is 11.8. The number of carbonyl (C=O) groups excluding carboxylic acids is 1. The molecular formula is C20H22N4O2. The molecule has 26 heavy (non-hydrogen) atoms. The average Bonchev–Trinajstić information content (AvgIpc) is 3.19. The highest BCUT2D eigenvalue weighted by molar-refractivity contribution is 5.94. The van der Waals surface area contributed by atoms with Crippen LogP contribution >= 0.6 is 0 Å². The lowest BCUT2D eigenvalue weighted by Gasteiger charge is -2.18. The van der Waals surface area contributed by atoms with Crippen LogP contribution in [0.2, 0.25) is 0 Å². The van der Waals surface area contributed by atoms with Gasteiger partial charge in [-0.3, -0.25) is 4.79 Å². The fourth-order valence-electron chi connectivity index (χ4n) is 2.76. The summed E-state index contributed by atoms with van der Waals surface area (Å²) in [5.74, 6) is 0.720. The van der Waals surface area contributed by atoms with Gasteiger partial charge in [0.25, 0.3) is 5.91 Å². The van der Waals surface area contributed by atoms with Crippen molar-refractivity contribution >= 4 is 5.91 Å². The molecule has 1 aromatic heterocycles. The van der Waals surface area contributed by atoms with Gasteiger partial charge in [-0.05, 0) is 41.8 Å². The minimum Gasteiger partial charge on any atom is -0.497 e. The predicted octanol–water partition coefficient (Wildman–Crippen LogP) is 3.22. The number of nitrogens with zero attached hydrogens (tertiary/aromatic N) is 3. The number of benzene rings is 2. The van der Waals surface area contributed by atoms with E-state index in [2.05, 4.69) is 22.3 Å².